The maximum absolute atomic E-state index is 14.0. The smallest absolute Gasteiger partial charge is 0.158 e. The van der Waals surface area contributed by atoms with E-state index in [2.05, 4.69) is 21.1 Å². The van der Waals surface area contributed by atoms with Crippen molar-refractivity contribution in [2.45, 2.75) is 43.7 Å². The number of aryl methyl sites for hydroxylation is 1. The van der Waals surface area contributed by atoms with Crippen LogP contribution in [0.4, 0.5) is 14.6 Å². The minimum Gasteiger partial charge on any atom is -0.390 e. The van der Waals surface area contributed by atoms with E-state index in [0.717, 1.165) is 46.3 Å². The molecule has 4 aromatic rings. The number of hydrogen-bond donors (Lipinski definition) is 3. The first kappa shape index (κ1) is 29.8. The van der Waals surface area contributed by atoms with Crippen molar-refractivity contribution in [2.75, 3.05) is 17.6 Å². The molecule has 218 valence electrons. The van der Waals surface area contributed by atoms with E-state index in [0.29, 0.717) is 16.0 Å². The van der Waals surface area contributed by atoms with Crippen molar-refractivity contribution in [2.24, 2.45) is 0 Å². The van der Waals surface area contributed by atoms with Gasteiger partial charge in [0.25, 0.3) is 0 Å². The molecule has 2 heterocycles. The summed E-state index contributed by atoms with van der Waals surface area (Å²) in [4.78, 5) is 0.652. The largest absolute Gasteiger partial charge is 0.390 e. The molecule has 7 nitrogen and oxygen atoms in total. The van der Waals surface area contributed by atoms with Gasteiger partial charge in [-0.1, -0.05) is 55.5 Å². The van der Waals surface area contributed by atoms with Gasteiger partial charge in [0, 0.05) is 18.7 Å². The lowest BCUT2D eigenvalue weighted by Crippen LogP contribution is -2.45. The summed E-state index contributed by atoms with van der Waals surface area (Å²) < 4.78 is 57.8. The van der Waals surface area contributed by atoms with Crippen LogP contribution < -0.4 is 10.6 Å². The molecule has 1 aliphatic heterocycles. The van der Waals surface area contributed by atoms with Crippen molar-refractivity contribution < 1.29 is 22.3 Å². The molecule has 0 amide bonds. The van der Waals surface area contributed by atoms with E-state index in [1.54, 1.807) is 0 Å². The number of aliphatic hydroxyl groups excluding tert-OH is 1. The predicted molar refractivity (Wildman–Crippen MR) is 160 cm³/mol. The van der Waals surface area contributed by atoms with E-state index in [1.807, 2.05) is 55.5 Å². The van der Waals surface area contributed by atoms with Crippen LogP contribution in [-0.4, -0.2) is 42.3 Å². The number of aliphatic hydroxyl groups is 1. The van der Waals surface area contributed by atoms with Gasteiger partial charge >= 0.3 is 0 Å². The highest BCUT2D eigenvalue weighted by Crippen LogP contribution is 2.34. The molecule has 0 aliphatic carbocycles. The van der Waals surface area contributed by atoms with Crippen molar-refractivity contribution in [1.29, 1.82) is 5.26 Å². The second-order valence-corrected chi connectivity index (χ2v) is 13.3. The Morgan fingerprint density at radius 2 is 1.83 bits per heavy atom. The quantitative estimate of drug-likeness (QED) is 0.228. The molecule has 3 N–H and O–H groups in total. The Bertz CT molecular complexity index is 1700. The maximum atomic E-state index is 14.0. The summed E-state index contributed by atoms with van der Waals surface area (Å²) >= 11 is 1.13. The number of nitriles is 1. The molecule has 3 unspecified atom stereocenters. The minimum absolute atomic E-state index is 0.0140. The average Bonchev–Trinajstić information content (AvgIpc) is 3.37. The molecule has 11 heteroatoms. The molecule has 0 bridgehead atoms. The van der Waals surface area contributed by atoms with Crippen LogP contribution in [0.5, 0.6) is 0 Å². The normalized spacial score (nSPS) is 17.2. The number of sulfone groups is 1. The number of anilines is 1. The van der Waals surface area contributed by atoms with E-state index in [1.165, 1.54) is 12.1 Å². The van der Waals surface area contributed by atoms with Gasteiger partial charge in [0.1, 0.15) is 23.3 Å². The Labute approximate surface area is 247 Å². The van der Waals surface area contributed by atoms with E-state index >= 15 is 0 Å². The van der Waals surface area contributed by atoms with Gasteiger partial charge in [0.05, 0.1) is 28.5 Å². The summed E-state index contributed by atoms with van der Waals surface area (Å²) in [6.07, 6.45) is -0.335. The standard InChI is InChI=1S/C31H30F2N4O3S2/c1-2-19-8-9-22-17-42(39,40)18-28(25(22)12-19)35-16-29(38)27(13-20-10-23(32)14-24(33)11-20)36-31-26(15-34)30(41-37-31)21-6-4-3-5-7-21/h3-12,14,27-29,35,38H,2,13,16-18H2,1H3,(H,36,37). The molecule has 0 saturated carbocycles. The first-order valence-electron chi connectivity index (χ1n) is 13.6. The highest BCUT2D eigenvalue weighted by Gasteiger charge is 2.31. The topological polar surface area (TPSA) is 115 Å². The summed E-state index contributed by atoms with van der Waals surface area (Å²) in [5, 5.41) is 27.7. The summed E-state index contributed by atoms with van der Waals surface area (Å²) in [5.41, 5.74) is 4.10. The zero-order valence-corrected chi connectivity index (χ0v) is 24.5. The Kier molecular flexibility index (Phi) is 8.99. The molecular weight excluding hydrogens is 578 g/mol. The number of benzene rings is 3. The number of nitrogens with one attached hydrogen (secondary N) is 2. The van der Waals surface area contributed by atoms with Gasteiger partial charge in [-0.3, -0.25) is 0 Å². The number of rotatable bonds is 10. The monoisotopic (exact) mass is 608 g/mol. The number of hydrogen-bond acceptors (Lipinski definition) is 8. The second-order valence-electron chi connectivity index (χ2n) is 10.4. The number of aromatic nitrogens is 1. The predicted octanol–water partition coefficient (Wildman–Crippen LogP) is 5.17. The Morgan fingerprint density at radius 3 is 2.52 bits per heavy atom. The van der Waals surface area contributed by atoms with E-state index in [9.17, 15) is 27.6 Å². The average molecular weight is 609 g/mol. The Hall–Kier alpha value is -3.69. The maximum Gasteiger partial charge on any atom is 0.158 e. The van der Waals surface area contributed by atoms with Crippen LogP contribution in [0.25, 0.3) is 10.4 Å². The summed E-state index contributed by atoms with van der Waals surface area (Å²) in [6, 6.07) is 19.1. The van der Waals surface area contributed by atoms with Gasteiger partial charge in [0.2, 0.25) is 0 Å². The van der Waals surface area contributed by atoms with Crippen molar-refractivity contribution in [3.05, 3.63) is 106 Å². The number of fused-ring (bicyclic) bond motifs is 1. The molecule has 3 atom stereocenters. The van der Waals surface area contributed by atoms with Crippen LogP contribution in [0.1, 0.15) is 40.8 Å². The third-order valence-corrected chi connectivity index (χ3v) is 9.86. The van der Waals surface area contributed by atoms with Crippen LogP contribution in [0.15, 0.2) is 66.7 Å². The van der Waals surface area contributed by atoms with Crippen LogP contribution in [0.2, 0.25) is 0 Å². The molecular formula is C31H30F2N4O3S2. The highest BCUT2D eigenvalue weighted by atomic mass is 32.2. The lowest BCUT2D eigenvalue weighted by atomic mass is 9.97. The minimum atomic E-state index is -3.36. The number of nitrogens with zero attached hydrogens (tertiary/aromatic N) is 2. The zero-order chi connectivity index (χ0) is 29.9. The third kappa shape index (κ3) is 6.85. The second kappa shape index (κ2) is 12.7. The zero-order valence-electron chi connectivity index (χ0n) is 22.8. The van der Waals surface area contributed by atoms with E-state index in [-0.39, 0.29) is 30.3 Å². The van der Waals surface area contributed by atoms with Gasteiger partial charge in [-0.05, 0) is 64.3 Å². The highest BCUT2D eigenvalue weighted by molar-refractivity contribution is 7.90. The SMILES string of the molecule is CCc1ccc2c(c1)C(NCC(O)C(Cc1cc(F)cc(F)c1)Nc1nsc(-c3ccccc3)c1C#N)CS(=O)(=O)C2. The molecule has 0 radical (unpaired) electrons. The summed E-state index contributed by atoms with van der Waals surface area (Å²) in [5.74, 6) is -1.39. The molecule has 5 rings (SSSR count). The van der Waals surface area contributed by atoms with Crippen molar-refractivity contribution in [1.82, 2.24) is 9.69 Å². The first-order valence-corrected chi connectivity index (χ1v) is 16.2. The van der Waals surface area contributed by atoms with Crippen LogP contribution >= 0.6 is 11.5 Å². The van der Waals surface area contributed by atoms with Crippen LogP contribution in [0.3, 0.4) is 0 Å². The lowest BCUT2D eigenvalue weighted by Gasteiger charge is -2.30. The molecule has 0 spiro atoms. The van der Waals surface area contributed by atoms with Gasteiger partial charge in [0.15, 0.2) is 15.7 Å². The third-order valence-electron chi connectivity index (χ3n) is 7.37. The Morgan fingerprint density at radius 1 is 1.10 bits per heavy atom. The van der Waals surface area contributed by atoms with E-state index < -0.39 is 39.7 Å². The lowest BCUT2D eigenvalue weighted by molar-refractivity contribution is 0.145. The molecule has 0 saturated heterocycles. The first-order chi connectivity index (χ1) is 20.2. The van der Waals surface area contributed by atoms with Crippen LogP contribution in [-0.2, 0) is 28.4 Å². The van der Waals surface area contributed by atoms with Gasteiger partial charge in [-0.2, -0.15) is 9.64 Å². The number of halogens is 2. The van der Waals surface area contributed by atoms with Gasteiger partial charge in [-0.15, -0.1) is 0 Å². The fourth-order valence-corrected chi connectivity index (χ4v) is 7.72. The summed E-state index contributed by atoms with van der Waals surface area (Å²) in [7, 11) is -3.36. The van der Waals surface area contributed by atoms with Crippen molar-refractivity contribution in [3.63, 3.8) is 0 Å². The van der Waals surface area contributed by atoms with Gasteiger partial charge < -0.3 is 15.7 Å². The Balaban J connectivity index is 1.42. The fourth-order valence-electron chi connectivity index (χ4n) is 5.25. The van der Waals surface area contributed by atoms with Gasteiger partial charge in [-0.25, -0.2) is 17.2 Å². The van der Waals surface area contributed by atoms with Crippen LogP contribution in [0, 0.1) is 23.0 Å². The molecule has 0 fully saturated rings. The molecule has 1 aliphatic rings. The molecule has 42 heavy (non-hydrogen) atoms. The van der Waals surface area contributed by atoms with Crippen molar-refractivity contribution >= 4 is 27.2 Å². The summed E-state index contributed by atoms with van der Waals surface area (Å²) in [6.45, 7) is 2.00. The molecule has 1 aromatic heterocycles. The molecule has 3 aromatic carbocycles. The fraction of sp³-hybridized carbons (Fsp3) is 0.290. The van der Waals surface area contributed by atoms with E-state index in [4.69, 9.17) is 0 Å². The van der Waals surface area contributed by atoms with Crippen molar-refractivity contribution in [3.8, 4) is 16.5 Å².